The third-order valence-corrected chi connectivity index (χ3v) is 4.35. The van der Waals surface area contributed by atoms with Crippen molar-refractivity contribution in [3.63, 3.8) is 0 Å². The van der Waals surface area contributed by atoms with Gasteiger partial charge >= 0.3 is 0 Å². The van der Waals surface area contributed by atoms with Gasteiger partial charge in [-0.1, -0.05) is 42.5 Å². The van der Waals surface area contributed by atoms with E-state index in [-0.39, 0.29) is 5.91 Å². The summed E-state index contributed by atoms with van der Waals surface area (Å²) in [6.45, 7) is 0.456. The smallest absolute Gasteiger partial charge is 0.255 e. The monoisotopic (exact) mass is 385 g/mol. The molecule has 0 spiro atoms. The van der Waals surface area contributed by atoms with Crippen LogP contribution in [0, 0.1) is 0 Å². The van der Waals surface area contributed by atoms with Crippen molar-refractivity contribution in [3.8, 4) is 17.1 Å². The van der Waals surface area contributed by atoms with Gasteiger partial charge in [0.2, 0.25) is 5.82 Å². The van der Waals surface area contributed by atoms with Crippen molar-refractivity contribution in [2.24, 2.45) is 0 Å². The zero-order valence-electron chi connectivity index (χ0n) is 15.8. The van der Waals surface area contributed by atoms with Crippen LogP contribution in [0.4, 0.5) is 5.69 Å². The van der Waals surface area contributed by atoms with E-state index in [2.05, 4.69) is 20.7 Å². The molecular formula is C22H19N5O2. The zero-order valence-corrected chi connectivity index (χ0v) is 15.8. The van der Waals surface area contributed by atoms with E-state index < -0.39 is 0 Å². The van der Waals surface area contributed by atoms with Gasteiger partial charge in [-0.3, -0.25) is 4.79 Å². The first-order valence-corrected chi connectivity index (χ1v) is 9.09. The summed E-state index contributed by atoms with van der Waals surface area (Å²) in [6, 6.07) is 24.2. The molecular weight excluding hydrogens is 366 g/mol. The van der Waals surface area contributed by atoms with Gasteiger partial charge in [0, 0.05) is 16.8 Å². The number of rotatable bonds is 6. The van der Waals surface area contributed by atoms with Crippen molar-refractivity contribution in [1.29, 1.82) is 0 Å². The van der Waals surface area contributed by atoms with E-state index in [0.29, 0.717) is 17.9 Å². The molecule has 0 aliphatic rings. The number of tetrazole rings is 1. The molecule has 0 aliphatic carbocycles. The molecule has 4 rings (SSSR count). The Bertz CT molecular complexity index is 1110. The minimum absolute atomic E-state index is 0.151. The average Bonchev–Trinajstić information content (AvgIpc) is 3.23. The summed E-state index contributed by atoms with van der Waals surface area (Å²) in [6.07, 6.45) is 0. The molecule has 0 saturated carbocycles. The molecule has 7 heteroatoms. The lowest BCUT2D eigenvalue weighted by Gasteiger charge is -2.06. The normalized spacial score (nSPS) is 10.5. The van der Waals surface area contributed by atoms with Crippen molar-refractivity contribution in [2.75, 3.05) is 12.4 Å². The maximum Gasteiger partial charge on any atom is 0.255 e. The average molecular weight is 385 g/mol. The summed E-state index contributed by atoms with van der Waals surface area (Å²) in [5, 5.41) is 15.5. The van der Waals surface area contributed by atoms with Gasteiger partial charge in [0.15, 0.2) is 0 Å². The molecule has 3 aromatic carbocycles. The lowest BCUT2D eigenvalue weighted by Crippen LogP contribution is -2.12. The quantitative estimate of drug-likeness (QED) is 0.548. The maximum atomic E-state index is 12.3. The number of aromatic nitrogens is 4. The number of hydrogen-bond donors (Lipinski definition) is 1. The molecule has 0 unspecified atom stereocenters. The van der Waals surface area contributed by atoms with Gasteiger partial charge in [-0.2, -0.15) is 4.80 Å². The van der Waals surface area contributed by atoms with E-state index in [1.54, 1.807) is 19.2 Å². The van der Waals surface area contributed by atoms with Gasteiger partial charge < -0.3 is 10.1 Å². The second-order valence-electron chi connectivity index (χ2n) is 6.39. The first kappa shape index (κ1) is 18.4. The van der Waals surface area contributed by atoms with Crippen molar-refractivity contribution in [2.45, 2.75) is 6.54 Å². The number of hydrogen-bond acceptors (Lipinski definition) is 5. The number of nitrogens with zero attached hydrogens (tertiary/aromatic N) is 4. The van der Waals surface area contributed by atoms with E-state index >= 15 is 0 Å². The first-order valence-electron chi connectivity index (χ1n) is 9.09. The van der Waals surface area contributed by atoms with Crippen molar-refractivity contribution in [1.82, 2.24) is 20.2 Å². The summed E-state index contributed by atoms with van der Waals surface area (Å²) < 4.78 is 5.23. The highest BCUT2D eigenvalue weighted by Gasteiger charge is 2.09. The number of amides is 1. The SMILES string of the molecule is COc1cccc(-c2nnn(Cc3ccc(C(=O)Nc4ccccc4)cc3)n2)c1. The van der Waals surface area contributed by atoms with Gasteiger partial charge in [-0.15, -0.1) is 10.2 Å². The standard InChI is InChI=1S/C22H19N5O2/c1-29-20-9-5-6-18(14-20)21-24-26-27(25-21)15-16-10-12-17(13-11-16)22(28)23-19-7-3-2-4-8-19/h2-14H,15H2,1H3,(H,23,28). The lowest BCUT2D eigenvalue weighted by atomic mass is 10.1. The van der Waals surface area contributed by atoms with Gasteiger partial charge in [-0.25, -0.2) is 0 Å². The minimum Gasteiger partial charge on any atom is -0.497 e. The fraction of sp³-hybridized carbons (Fsp3) is 0.0909. The van der Waals surface area contributed by atoms with Crippen molar-refractivity contribution >= 4 is 11.6 Å². The predicted molar refractivity (Wildman–Crippen MR) is 110 cm³/mol. The van der Waals surface area contributed by atoms with Crippen LogP contribution in [0.3, 0.4) is 0 Å². The van der Waals surface area contributed by atoms with Crippen LogP contribution in [-0.2, 0) is 6.54 Å². The number of benzene rings is 3. The highest BCUT2D eigenvalue weighted by atomic mass is 16.5. The van der Waals surface area contributed by atoms with Gasteiger partial charge in [-0.05, 0) is 47.2 Å². The Balaban J connectivity index is 1.42. The van der Waals surface area contributed by atoms with E-state index in [1.807, 2.05) is 66.7 Å². The molecule has 4 aromatic rings. The molecule has 0 bridgehead atoms. The van der Waals surface area contributed by atoms with Crippen LogP contribution < -0.4 is 10.1 Å². The predicted octanol–water partition coefficient (Wildman–Crippen LogP) is 3.65. The van der Waals surface area contributed by atoms with Crippen LogP contribution in [0.2, 0.25) is 0 Å². The third-order valence-electron chi connectivity index (χ3n) is 4.35. The lowest BCUT2D eigenvalue weighted by molar-refractivity contribution is 0.102. The maximum absolute atomic E-state index is 12.3. The van der Waals surface area contributed by atoms with E-state index in [0.717, 1.165) is 22.6 Å². The van der Waals surface area contributed by atoms with Crippen LogP contribution >= 0.6 is 0 Å². The number of carbonyl (C=O) groups is 1. The molecule has 0 saturated heterocycles. The molecule has 0 radical (unpaired) electrons. The minimum atomic E-state index is -0.151. The second kappa shape index (κ2) is 8.35. The Hall–Kier alpha value is -4.00. The van der Waals surface area contributed by atoms with E-state index in [1.165, 1.54) is 4.80 Å². The molecule has 0 atom stereocenters. The Morgan fingerprint density at radius 3 is 2.55 bits per heavy atom. The fourth-order valence-corrected chi connectivity index (χ4v) is 2.84. The molecule has 1 heterocycles. The number of carbonyl (C=O) groups excluding carboxylic acids is 1. The molecule has 1 amide bonds. The first-order chi connectivity index (χ1) is 14.2. The van der Waals surface area contributed by atoms with Crippen LogP contribution in [0.25, 0.3) is 11.4 Å². The third kappa shape index (κ3) is 4.47. The molecule has 0 fully saturated rings. The van der Waals surface area contributed by atoms with Crippen molar-refractivity contribution in [3.05, 3.63) is 90.0 Å². The molecule has 144 valence electrons. The van der Waals surface area contributed by atoms with Crippen LogP contribution in [0.1, 0.15) is 15.9 Å². The molecule has 0 aliphatic heterocycles. The Kier molecular flexibility index (Phi) is 5.29. The van der Waals surface area contributed by atoms with Gasteiger partial charge in [0.25, 0.3) is 5.91 Å². The highest BCUT2D eigenvalue weighted by molar-refractivity contribution is 6.04. The van der Waals surface area contributed by atoms with E-state index in [4.69, 9.17) is 4.74 Å². The largest absolute Gasteiger partial charge is 0.497 e. The number of nitrogens with one attached hydrogen (secondary N) is 1. The zero-order chi connectivity index (χ0) is 20.1. The highest BCUT2D eigenvalue weighted by Crippen LogP contribution is 2.20. The number of anilines is 1. The Morgan fingerprint density at radius 2 is 1.79 bits per heavy atom. The summed E-state index contributed by atoms with van der Waals surface area (Å²) >= 11 is 0. The van der Waals surface area contributed by atoms with Crippen LogP contribution in [0.5, 0.6) is 5.75 Å². The molecule has 7 nitrogen and oxygen atoms in total. The van der Waals surface area contributed by atoms with Gasteiger partial charge in [0.05, 0.1) is 13.7 Å². The van der Waals surface area contributed by atoms with E-state index in [9.17, 15) is 4.79 Å². The van der Waals surface area contributed by atoms with Crippen LogP contribution in [0.15, 0.2) is 78.9 Å². The fourth-order valence-electron chi connectivity index (χ4n) is 2.84. The number of para-hydroxylation sites is 1. The molecule has 1 N–H and O–H groups in total. The summed E-state index contributed by atoms with van der Waals surface area (Å²) in [4.78, 5) is 13.9. The topological polar surface area (TPSA) is 81.9 Å². The summed E-state index contributed by atoms with van der Waals surface area (Å²) in [5.74, 6) is 1.12. The molecule has 1 aromatic heterocycles. The van der Waals surface area contributed by atoms with Crippen LogP contribution in [-0.4, -0.2) is 33.2 Å². The number of methoxy groups -OCH3 is 1. The Labute approximate surface area is 168 Å². The molecule has 29 heavy (non-hydrogen) atoms. The van der Waals surface area contributed by atoms with Crippen molar-refractivity contribution < 1.29 is 9.53 Å². The Morgan fingerprint density at radius 1 is 1.00 bits per heavy atom. The number of ether oxygens (including phenoxy) is 1. The van der Waals surface area contributed by atoms with Gasteiger partial charge in [0.1, 0.15) is 5.75 Å². The summed E-state index contributed by atoms with van der Waals surface area (Å²) in [7, 11) is 1.62. The second-order valence-corrected chi connectivity index (χ2v) is 6.39. The summed E-state index contributed by atoms with van der Waals surface area (Å²) in [5.41, 5.74) is 3.15.